The van der Waals surface area contributed by atoms with Crippen LogP contribution in [-0.2, 0) is 14.3 Å². The molecule has 0 fully saturated rings. The molecule has 0 saturated carbocycles. The monoisotopic (exact) mass is 300 g/mol. The van der Waals surface area contributed by atoms with Crippen molar-refractivity contribution in [2.75, 3.05) is 11.9 Å². The summed E-state index contributed by atoms with van der Waals surface area (Å²) in [6.45, 7) is 1.32. The van der Waals surface area contributed by atoms with E-state index in [0.717, 1.165) is 6.07 Å². The maximum atomic E-state index is 11.5. The second-order valence-corrected chi connectivity index (χ2v) is 4.31. The molecule has 0 spiro atoms. The molecule has 0 aliphatic heterocycles. The zero-order valence-corrected chi connectivity index (χ0v) is 11.5. The molecule has 0 heterocycles. The van der Waals surface area contributed by atoms with Crippen LogP contribution in [-0.4, -0.2) is 23.4 Å². The van der Waals surface area contributed by atoms with Crippen LogP contribution < -0.4 is 5.32 Å². The molecule has 0 aliphatic rings. The maximum absolute atomic E-state index is 11.5. The Kier molecular flexibility index (Phi) is 5.92. The Morgan fingerprint density at radius 3 is 2.75 bits per heavy atom. The molecular weight excluding hydrogens is 288 g/mol. The molecule has 1 N–H and O–H groups in total. The molecule has 0 aromatic heterocycles. The highest BCUT2D eigenvalue weighted by Gasteiger charge is 2.17. The minimum Gasteiger partial charge on any atom is -0.456 e. The lowest BCUT2D eigenvalue weighted by atomic mass is 10.2. The fraction of sp³-hybridized carbons (Fsp3) is 0.333. The van der Waals surface area contributed by atoms with Gasteiger partial charge in [-0.1, -0.05) is 18.5 Å². The Bertz CT molecular complexity index is 533. The third-order valence-electron chi connectivity index (χ3n) is 2.25. The number of anilines is 1. The first-order chi connectivity index (χ1) is 9.43. The highest BCUT2D eigenvalue weighted by Crippen LogP contribution is 2.27. The fourth-order valence-corrected chi connectivity index (χ4v) is 1.54. The Morgan fingerprint density at radius 1 is 1.45 bits per heavy atom. The normalized spacial score (nSPS) is 9.90. The molecule has 7 nitrogen and oxygen atoms in total. The highest BCUT2D eigenvalue weighted by atomic mass is 35.5. The molecule has 0 aliphatic carbocycles. The van der Waals surface area contributed by atoms with Gasteiger partial charge in [0.25, 0.3) is 11.6 Å². The molecule has 20 heavy (non-hydrogen) atoms. The largest absolute Gasteiger partial charge is 0.456 e. The van der Waals surface area contributed by atoms with Gasteiger partial charge < -0.3 is 10.1 Å². The van der Waals surface area contributed by atoms with Crippen LogP contribution in [0.3, 0.4) is 0 Å². The lowest BCUT2D eigenvalue weighted by Crippen LogP contribution is -2.21. The summed E-state index contributed by atoms with van der Waals surface area (Å²) >= 11 is 5.65. The SMILES string of the molecule is CCCC(=O)OCC(=O)Nc1ccc(Cl)cc1[N+](=O)[O-]. The van der Waals surface area contributed by atoms with Crippen molar-refractivity contribution in [1.82, 2.24) is 0 Å². The van der Waals surface area contributed by atoms with Crippen LogP contribution in [0.15, 0.2) is 18.2 Å². The predicted octanol–water partition coefficient (Wildman–Crippen LogP) is 2.53. The number of nitro benzene ring substituents is 1. The second kappa shape index (κ2) is 7.44. The van der Waals surface area contributed by atoms with E-state index in [0.29, 0.717) is 6.42 Å². The number of rotatable bonds is 6. The van der Waals surface area contributed by atoms with Crippen LogP contribution in [0.25, 0.3) is 0 Å². The molecule has 108 valence electrons. The highest BCUT2D eigenvalue weighted by molar-refractivity contribution is 6.31. The minimum absolute atomic E-state index is 0.00376. The van der Waals surface area contributed by atoms with Gasteiger partial charge in [0.1, 0.15) is 5.69 Å². The van der Waals surface area contributed by atoms with Gasteiger partial charge in [-0.25, -0.2) is 0 Å². The summed E-state index contributed by atoms with van der Waals surface area (Å²) in [5, 5.41) is 13.3. The Morgan fingerprint density at radius 2 is 2.15 bits per heavy atom. The minimum atomic E-state index is -0.662. The first-order valence-electron chi connectivity index (χ1n) is 5.83. The average molecular weight is 301 g/mol. The molecule has 0 radical (unpaired) electrons. The van der Waals surface area contributed by atoms with E-state index in [4.69, 9.17) is 16.3 Å². The standard InChI is InChI=1S/C12H13ClN2O5/c1-2-3-12(17)20-7-11(16)14-9-5-4-8(13)6-10(9)15(18)19/h4-6H,2-3,7H2,1H3,(H,14,16). The van der Waals surface area contributed by atoms with E-state index in [1.807, 2.05) is 0 Å². The second-order valence-electron chi connectivity index (χ2n) is 3.88. The van der Waals surface area contributed by atoms with Gasteiger partial charge in [-0.3, -0.25) is 19.7 Å². The first-order valence-corrected chi connectivity index (χ1v) is 6.21. The number of hydrogen-bond acceptors (Lipinski definition) is 5. The summed E-state index contributed by atoms with van der Waals surface area (Å²) in [5.41, 5.74) is -0.332. The van der Waals surface area contributed by atoms with Crippen molar-refractivity contribution in [3.63, 3.8) is 0 Å². The summed E-state index contributed by atoms with van der Waals surface area (Å²) in [6, 6.07) is 3.85. The van der Waals surface area contributed by atoms with Gasteiger partial charge in [-0.05, 0) is 18.6 Å². The van der Waals surface area contributed by atoms with Crippen molar-refractivity contribution < 1.29 is 19.2 Å². The number of ether oxygens (including phenoxy) is 1. The number of amides is 1. The van der Waals surface area contributed by atoms with Crippen LogP contribution in [0.2, 0.25) is 5.02 Å². The third-order valence-corrected chi connectivity index (χ3v) is 2.48. The topological polar surface area (TPSA) is 98.5 Å². The molecular formula is C12H13ClN2O5. The number of carbonyl (C=O) groups excluding carboxylic acids is 2. The van der Waals surface area contributed by atoms with Gasteiger partial charge >= 0.3 is 5.97 Å². The number of halogens is 1. The van der Waals surface area contributed by atoms with Crippen LogP contribution in [0.1, 0.15) is 19.8 Å². The van der Waals surface area contributed by atoms with Crippen LogP contribution >= 0.6 is 11.6 Å². The summed E-state index contributed by atoms with van der Waals surface area (Å²) in [4.78, 5) is 32.8. The van der Waals surface area contributed by atoms with Gasteiger partial charge in [-0.2, -0.15) is 0 Å². The van der Waals surface area contributed by atoms with E-state index in [1.54, 1.807) is 6.92 Å². The van der Waals surface area contributed by atoms with Gasteiger partial charge in [-0.15, -0.1) is 0 Å². The molecule has 1 amide bonds. The van der Waals surface area contributed by atoms with E-state index >= 15 is 0 Å². The summed E-state index contributed by atoms with van der Waals surface area (Å²) < 4.78 is 4.69. The van der Waals surface area contributed by atoms with Gasteiger partial charge in [0.15, 0.2) is 6.61 Å². The predicted molar refractivity (Wildman–Crippen MR) is 72.6 cm³/mol. The van der Waals surface area contributed by atoms with Crippen molar-refractivity contribution in [2.24, 2.45) is 0 Å². The molecule has 1 rings (SSSR count). The molecule has 8 heteroatoms. The number of esters is 1. The third kappa shape index (κ3) is 4.85. The zero-order chi connectivity index (χ0) is 15.1. The Balaban J connectivity index is 2.66. The number of nitro groups is 1. The molecule has 0 atom stereocenters. The van der Waals surface area contributed by atoms with E-state index in [2.05, 4.69) is 5.32 Å². The molecule has 1 aromatic rings. The van der Waals surface area contributed by atoms with Crippen molar-refractivity contribution in [1.29, 1.82) is 0 Å². The lowest BCUT2D eigenvalue weighted by molar-refractivity contribution is -0.383. The van der Waals surface area contributed by atoms with E-state index in [-0.39, 0.29) is 22.8 Å². The quantitative estimate of drug-likeness (QED) is 0.494. The van der Waals surface area contributed by atoms with Crippen molar-refractivity contribution in [2.45, 2.75) is 19.8 Å². The van der Waals surface area contributed by atoms with Gasteiger partial charge in [0.2, 0.25) is 0 Å². The zero-order valence-electron chi connectivity index (χ0n) is 10.7. The van der Waals surface area contributed by atoms with Crippen molar-refractivity contribution in [3.8, 4) is 0 Å². The molecule has 0 unspecified atom stereocenters. The van der Waals surface area contributed by atoms with Crippen LogP contribution in [0.5, 0.6) is 0 Å². The molecule has 1 aromatic carbocycles. The van der Waals surface area contributed by atoms with Crippen LogP contribution in [0, 0.1) is 10.1 Å². The van der Waals surface area contributed by atoms with Gasteiger partial charge in [0, 0.05) is 17.5 Å². The number of carbonyl (C=O) groups is 2. The number of hydrogen-bond donors (Lipinski definition) is 1. The number of nitrogens with one attached hydrogen (secondary N) is 1. The van der Waals surface area contributed by atoms with E-state index in [9.17, 15) is 19.7 Å². The maximum Gasteiger partial charge on any atom is 0.306 e. The smallest absolute Gasteiger partial charge is 0.306 e. The molecule has 0 bridgehead atoms. The van der Waals surface area contributed by atoms with E-state index < -0.39 is 23.4 Å². The Labute approximate surface area is 120 Å². The number of nitrogens with zero attached hydrogens (tertiary/aromatic N) is 1. The first kappa shape index (κ1) is 15.9. The van der Waals surface area contributed by atoms with Gasteiger partial charge in [0.05, 0.1) is 4.92 Å². The fourth-order valence-electron chi connectivity index (χ4n) is 1.37. The molecule has 0 saturated heterocycles. The van der Waals surface area contributed by atoms with Crippen molar-refractivity contribution >= 4 is 34.9 Å². The Hall–Kier alpha value is -2.15. The summed E-state index contributed by atoms with van der Waals surface area (Å²) in [7, 11) is 0. The lowest BCUT2D eigenvalue weighted by Gasteiger charge is -2.07. The van der Waals surface area contributed by atoms with Crippen LogP contribution in [0.4, 0.5) is 11.4 Å². The summed E-state index contributed by atoms with van der Waals surface area (Å²) in [5.74, 6) is -1.15. The average Bonchev–Trinajstić information content (AvgIpc) is 2.38. The summed E-state index contributed by atoms with van der Waals surface area (Å²) in [6.07, 6.45) is 0.831. The van der Waals surface area contributed by atoms with E-state index in [1.165, 1.54) is 12.1 Å². The number of benzene rings is 1. The van der Waals surface area contributed by atoms with Crippen molar-refractivity contribution in [3.05, 3.63) is 33.3 Å².